The summed E-state index contributed by atoms with van der Waals surface area (Å²) in [5, 5.41) is 3.95. The van der Waals surface area contributed by atoms with Crippen molar-refractivity contribution < 1.29 is 9.47 Å². The highest BCUT2D eigenvalue weighted by Gasteiger charge is 2.12. The molecule has 0 saturated carbocycles. The van der Waals surface area contributed by atoms with Crippen molar-refractivity contribution >= 4 is 11.6 Å². The van der Waals surface area contributed by atoms with Gasteiger partial charge in [-0.15, -0.1) is 0 Å². The Morgan fingerprint density at radius 2 is 1.89 bits per heavy atom. The van der Waals surface area contributed by atoms with Crippen molar-refractivity contribution in [1.82, 2.24) is 5.32 Å². The normalized spacial score (nSPS) is 11.2. The van der Waals surface area contributed by atoms with E-state index in [2.05, 4.69) is 33.0 Å². The Bertz CT molecular complexity index is 405. The molecule has 0 heterocycles. The fourth-order valence-electron chi connectivity index (χ4n) is 1.59. The van der Waals surface area contributed by atoms with Crippen LogP contribution in [0.1, 0.15) is 33.3 Å². The second-order valence-corrected chi connectivity index (χ2v) is 5.76. The van der Waals surface area contributed by atoms with E-state index in [1.165, 1.54) is 0 Å². The first-order valence-electron chi connectivity index (χ1n) is 6.66. The highest BCUT2D eigenvalue weighted by Crippen LogP contribution is 2.36. The van der Waals surface area contributed by atoms with Crippen molar-refractivity contribution in [2.45, 2.75) is 40.3 Å². The molecule has 0 aliphatic carbocycles. The smallest absolute Gasteiger partial charge is 0.179 e. The van der Waals surface area contributed by atoms with Gasteiger partial charge in [-0.25, -0.2) is 0 Å². The van der Waals surface area contributed by atoms with E-state index in [4.69, 9.17) is 21.1 Å². The van der Waals surface area contributed by atoms with Gasteiger partial charge in [0.1, 0.15) is 0 Å². The van der Waals surface area contributed by atoms with Crippen molar-refractivity contribution in [2.75, 3.05) is 13.7 Å². The summed E-state index contributed by atoms with van der Waals surface area (Å²) in [6.45, 7) is 9.80. The van der Waals surface area contributed by atoms with Crippen LogP contribution in [0.2, 0.25) is 5.02 Å². The lowest BCUT2D eigenvalue weighted by Gasteiger charge is -2.16. The van der Waals surface area contributed by atoms with Gasteiger partial charge in [0.25, 0.3) is 0 Å². The van der Waals surface area contributed by atoms with Gasteiger partial charge in [0.2, 0.25) is 0 Å². The van der Waals surface area contributed by atoms with Crippen molar-refractivity contribution in [3.05, 3.63) is 22.7 Å². The summed E-state index contributed by atoms with van der Waals surface area (Å²) < 4.78 is 11.1. The van der Waals surface area contributed by atoms with E-state index in [0.29, 0.717) is 35.1 Å². The fraction of sp³-hybridized carbons (Fsp3) is 0.600. The number of methoxy groups -OCH3 is 1. The van der Waals surface area contributed by atoms with E-state index in [0.717, 1.165) is 12.1 Å². The third kappa shape index (κ3) is 5.29. The number of hydrogen-bond acceptors (Lipinski definition) is 3. The summed E-state index contributed by atoms with van der Waals surface area (Å²) in [5.41, 5.74) is 1.09. The third-order valence-corrected chi connectivity index (χ3v) is 2.85. The van der Waals surface area contributed by atoms with Gasteiger partial charge >= 0.3 is 0 Å². The molecule has 19 heavy (non-hydrogen) atoms. The summed E-state index contributed by atoms with van der Waals surface area (Å²) in [4.78, 5) is 0. The molecule has 108 valence electrons. The van der Waals surface area contributed by atoms with Crippen LogP contribution in [0.4, 0.5) is 0 Å². The van der Waals surface area contributed by atoms with Crippen LogP contribution in [-0.2, 0) is 6.54 Å². The van der Waals surface area contributed by atoms with E-state index >= 15 is 0 Å². The Kier molecular flexibility index (Phi) is 6.46. The molecule has 4 heteroatoms. The van der Waals surface area contributed by atoms with Crippen LogP contribution in [0.15, 0.2) is 12.1 Å². The largest absolute Gasteiger partial charge is 0.493 e. The molecule has 0 fully saturated rings. The summed E-state index contributed by atoms with van der Waals surface area (Å²) in [5.74, 6) is 1.77. The lowest BCUT2D eigenvalue weighted by atomic mass is 10.2. The lowest BCUT2D eigenvalue weighted by Crippen LogP contribution is -2.21. The molecule has 0 atom stereocenters. The lowest BCUT2D eigenvalue weighted by molar-refractivity contribution is 0.257. The first kappa shape index (κ1) is 16.1. The van der Waals surface area contributed by atoms with Gasteiger partial charge in [-0.2, -0.15) is 0 Å². The molecule has 3 nitrogen and oxygen atoms in total. The molecule has 0 aromatic heterocycles. The molecule has 1 rings (SSSR count). The van der Waals surface area contributed by atoms with Gasteiger partial charge in [0.15, 0.2) is 11.5 Å². The molecule has 0 spiro atoms. The minimum Gasteiger partial charge on any atom is -0.493 e. The van der Waals surface area contributed by atoms with Crippen LogP contribution in [-0.4, -0.2) is 19.8 Å². The highest BCUT2D eigenvalue weighted by atomic mass is 35.5. The third-order valence-electron chi connectivity index (χ3n) is 2.56. The number of nitrogens with one attached hydrogen (secondary N) is 1. The number of benzene rings is 1. The molecular weight excluding hydrogens is 262 g/mol. The molecule has 0 bridgehead atoms. The van der Waals surface area contributed by atoms with Gasteiger partial charge in [0.05, 0.1) is 18.7 Å². The molecular formula is C15H24ClNO2. The summed E-state index contributed by atoms with van der Waals surface area (Å²) in [6.07, 6.45) is 0. The monoisotopic (exact) mass is 285 g/mol. The number of halogens is 1. The zero-order valence-corrected chi connectivity index (χ0v) is 13.2. The Morgan fingerprint density at radius 1 is 1.21 bits per heavy atom. The van der Waals surface area contributed by atoms with Crippen LogP contribution in [0.25, 0.3) is 0 Å². The molecule has 1 aromatic rings. The number of ether oxygens (including phenoxy) is 2. The van der Waals surface area contributed by atoms with Crippen molar-refractivity contribution in [2.24, 2.45) is 5.92 Å². The van der Waals surface area contributed by atoms with Crippen molar-refractivity contribution in [3.63, 3.8) is 0 Å². The highest BCUT2D eigenvalue weighted by molar-refractivity contribution is 6.32. The van der Waals surface area contributed by atoms with E-state index in [9.17, 15) is 0 Å². The van der Waals surface area contributed by atoms with Crippen molar-refractivity contribution in [1.29, 1.82) is 0 Å². The minimum absolute atomic E-state index is 0.432. The zero-order valence-electron chi connectivity index (χ0n) is 12.4. The summed E-state index contributed by atoms with van der Waals surface area (Å²) in [7, 11) is 1.63. The van der Waals surface area contributed by atoms with Crippen LogP contribution in [0.5, 0.6) is 11.5 Å². The maximum atomic E-state index is 6.28. The molecule has 0 aliphatic heterocycles. The van der Waals surface area contributed by atoms with Crippen LogP contribution in [0, 0.1) is 5.92 Å². The van der Waals surface area contributed by atoms with Gasteiger partial charge < -0.3 is 14.8 Å². The van der Waals surface area contributed by atoms with Crippen LogP contribution < -0.4 is 14.8 Å². The molecule has 0 amide bonds. The maximum Gasteiger partial charge on any atom is 0.179 e. The minimum atomic E-state index is 0.432. The average Bonchev–Trinajstić information content (AvgIpc) is 2.34. The van der Waals surface area contributed by atoms with E-state index in [-0.39, 0.29) is 0 Å². The molecule has 1 N–H and O–H groups in total. The fourth-order valence-corrected chi connectivity index (χ4v) is 1.88. The Balaban J connectivity index is 2.87. The van der Waals surface area contributed by atoms with Crippen LogP contribution in [0.3, 0.4) is 0 Å². The molecule has 1 aromatic carbocycles. The maximum absolute atomic E-state index is 6.28. The SMILES string of the molecule is COc1cc(CNC(C)C)cc(Cl)c1OCC(C)C. The Hall–Kier alpha value is -0.930. The Morgan fingerprint density at radius 3 is 2.42 bits per heavy atom. The van der Waals surface area contributed by atoms with Gasteiger partial charge in [0, 0.05) is 12.6 Å². The summed E-state index contributed by atoms with van der Waals surface area (Å²) in [6, 6.07) is 4.33. The second kappa shape index (κ2) is 7.61. The number of rotatable bonds is 7. The van der Waals surface area contributed by atoms with Crippen LogP contribution >= 0.6 is 11.6 Å². The quantitative estimate of drug-likeness (QED) is 0.825. The average molecular weight is 286 g/mol. The van der Waals surface area contributed by atoms with E-state index in [1.54, 1.807) is 7.11 Å². The predicted octanol–water partition coefficient (Wildman–Crippen LogP) is 3.88. The molecule has 0 saturated heterocycles. The van der Waals surface area contributed by atoms with Crippen molar-refractivity contribution in [3.8, 4) is 11.5 Å². The second-order valence-electron chi connectivity index (χ2n) is 5.35. The Labute approximate surface area is 121 Å². The summed E-state index contributed by atoms with van der Waals surface area (Å²) >= 11 is 6.28. The molecule has 0 radical (unpaired) electrons. The van der Waals surface area contributed by atoms with Gasteiger partial charge in [-0.1, -0.05) is 39.3 Å². The first-order chi connectivity index (χ1) is 8.93. The topological polar surface area (TPSA) is 30.5 Å². The van der Waals surface area contributed by atoms with Gasteiger partial charge in [-0.05, 0) is 23.6 Å². The zero-order chi connectivity index (χ0) is 14.4. The predicted molar refractivity (Wildman–Crippen MR) is 80.3 cm³/mol. The molecule has 0 aliphatic rings. The first-order valence-corrected chi connectivity index (χ1v) is 7.04. The van der Waals surface area contributed by atoms with Gasteiger partial charge in [-0.3, -0.25) is 0 Å². The molecule has 0 unspecified atom stereocenters. The number of hydrogen-bond donors (Lipinski definition) is 1. The standard InChI is InChI=1S/C15H24ClNO2/c1-10(2)9-19-15-13(16)6-12(7-14(15)18-5)8-17-11(3)4/h6-7,10-11,17H,8-9H2,1-5H3. The van der Waals surface area contributed by atoms with E-state index < -0.39 is 0 Å². The van der Waals surface area contributed by atoms with E-state index in [1.807, 2.05) is 12.1 Å².